The standard InChI is InChI=1S/C22H19BrN2O5/c23-15-11-12-19(26)17(13-15)20(9-4-10-21(27)25-29)30-22(28)24-18-8-3-6-14-5-1-2-7-16(14)18/h1-8,10-13,20,26,29H,9H2,(H,24,28)(H,25,27)/b10-4+/t20-/m1/s1. The van der Waals surface area contributed by atoms with Crippen LogP contribution in [-0.4, -0.2) is 22.3 Å². The topological polar surface area (TPSA) is 108 Å². The van der Waals surface area contributed by atoms with E-state index in [0.29, 0.717) is 15.7 Å². The average Bonchev–Trinajstić information content (AvgIpc) is 2.75. The Hall–Kier alpha value is -3.36. The average molecular weight is 471 g/mol. The maximum atomic E-state index is 12.6. The van der Waals surface area contributed by atoms with Crippen molar-refractivity contribution in [2.75, 3.05) is 5.32 Å². The zero-order chi connectivity index (χ0) is 21.5. The molecule has 0 heterocycles. The van der Waals surface area contributed by atoms with Gasteiger partial charge in [0.05, 0.1) is 5.69 Å². The fraction of sp³-hybridized carbons (Fsp3) is 0.0909. The number of phenolic OH excluding ortho intramolecular Hbond substituents is 1. The lowest BCUT2D eigenvalue weighted by Crippen LogP contribution is -2.18. The minimum atomic E-state index is -0.875. The fourth-order valence-electron chi connectivity index (χ4n) is 2.96. The van der Waals surface area contributed by atoms with E-state index in [0.717, 1.165) is 16.8 Å². The molecule has 30 heavy (non-hydrogen) atoms. The van der Waals surface area contributed by atoms with Crippen LogP contribution in [0.1, 0.15) is 18.1 Å². The van der Waals surface area contributed by atoms with Crippen molar-refractivity contribution in [3.05, 3.63) is 82.9 Å². The number of aromatic hydroxyl groups is 1. The van der Waals surface area contributed by atoms with Crippen LogP contribution < -0.4 is 10.8 Å². The number of phenols is 1. The monoisotopic (exact) mass is 470 g/mol. The Morgan fingerprint density at radius 2 is 1.87 bits per heavy atom. The van der Waals surface area contributed by atoms with Gasteiger partial charge >= 0.3 is 6.09 Å². The number of hydrogen-bond acceptors (Lipinski definition) is 5. The number of carbonyl (C=O) groups is 2. The van der Waals surface area contributed by atoms with E-state index in [1.807, 2.05) is 36.4 Å². The number of halogens is 1. The molecule has 0 radical (unpaired) electrons. The fourth-order valence-corrected chi connectivity index (χ4v) is 3.34. The van der Waals surface area contributed by atoms with E-state index < -0.39 is 18.1 Å². The molecule has 0 unspecified atom stereocenters. The molecule has 0 bridgehead atoms. The number of fused-ring (bicyclic) bond motifs is 1. The first kappa shape index (κ1) is 21.4. The largest absolute Gasteiger partial charge is 0.508 e. The van der Waals surface area contributed by atoms with E-state index in [1.54, 1.807) is 18.2 Å². The van der Waals surface area contributed by atoms with Gasteiger partial charge in [-0.3, -0.25) is 15.3 Å². The Morgan fingerprint density at radius 1 is 1.10 bits per heavy atom. The summed E-state index contributed by atoms with van der Waals surface area (Å²) >= 11 is 3.33. The first-order valence-corrected chi connectivity index (χ1v) is 9.81. The number of carbonyl (C=O) groups excluding carboxylic acids is 2. The summed E-state index contributed by atoms with van der Waals surface area (Å²) in [5.41, 5.74) is 2.44. The molecule has 4 N–H and O–H groups in total. The second kappa shape index (κ2) is 9.91. The molecule has 8 heteroatoms. The quantitative estimate of drug-likeness (QED) is 0.229. The van der Waals surface area contributed by atoms with E-state index >= 15 is 0 Å². The van der Waals surface area contributed by atoms with Crippen LogP contribution in [0.4, 0.5) is 10.5 Å². The van der Waals surface area contributed by atoms with E-state index in [2.05, 4.69) is 21.2 Å². The number of hydroxylamine groups is 1. The van der Waals surface area contributed by atoms with Crippen LogP contribution >= 0.6 is 15.9 Å². The number of ether oxygens (including phenoxy) is 1. The van der Waals surface area contributed by atoms with E-state index in [4.69, 9.17) is 9.94 Å². The van der Waals surface area contributed by atoms with Crippen molar-refractivity contribution in [3.8, 4) is 5.75 Å². The molecule has 0 saturated carbocycles. The van der Waals surface area contributed by atoms with Gasteiger partial charge in [0, 0.05) is 27.9 Å². The summed E-state index contributed by atoms with van der Waals surface area (Å²) < 4.78 is 6.25. The smallest absolute Gasteiger partial charge is 0.412 e. The van der Waals surface area contributed by atoms with Gasteiger partial charge in [0.1, 0.15) is 11.9 Å². The summed E-state index contributed by atoms with van der Waals surface area (Å²) in [6.45, 7) is 0. The van der Waals surface area contributed by atoms with Gasteiger partial charge in [-0.25, -0.2) is 10.3 Å². The van der Waals surface area contributed by atoms with E-state index in [9.17, 15) is 14.7 Å². The second-order valence-electron chi connectivity index (χ2n) is 6.36. The van der Waals surface area contributed by atoms with Crippen LogP contribution in [0.3, 0.4) is 0 Å². The number of amides is 2. The van der Waals surface area contributed by atoms with Crippen LogP contribution in [0.25, 0.3) is 10.8 Å². The molecule has 0 aliphatic carbocycles. The van der Waals surface area contributed by atoms with Crippen molar-refractivity contribution in [2.45, 2.75) is 12.5 Å². The van der Waals surface area contributed by atoms with Gasteiger partial charge in [-0.15, -0.1) is 0 Å². The minimum Gasteiger partial charge on any atom is -0.508 e. The summed E-state index contributed by atoms with van der Waals surface area (Å²) in [4.78, 5) is 23.8. The Morgan fingerprint density at radius 3 is 2.67 bits per heavy atom. The maximum absolute atomic E-state index is 12.6. The third kappa shape index (κ3) is 5.37. The number of anilines is 1. The van der Waals surface area contributed by atoms with Gasteiger partial charge in [-0.1, -0.05) is 58.4 Å². The molecule has 2 amide bonds. The molecular weight excluding hydrogens is 452 g/mol. The van der Waals surface area contributed by atoms with Crippen molar-refractivity contribution < 1.29 is 24.6 Å². The Labute approximate surface area is 181 Å². The van der Waals surface area contributed by atoms with Crippen molar-refractivity contribution in [1.82, 2.24) is 5.48 Å². The van der Waals surface area contributed by atoms with Gasteiger partial charge < -0.3 is 9.84 Å². The highest BCUT2D eigenvalue weighted by atomic mass is 79.9. The predicted octanol–water partition coefficient (Wildman–Crippen LogP) is 5.05. The lowest BCUT2D eigenvalue weighted by atomic mass is 10.0. The number of hydrogen-bond donors (Lipinski definition) is 4. The summed E-state index contributed by atoms with van der Waals surface area (Å²) in [7, 11) is 0. The molecule has 0 spiro atoms. The molecule has 0 aliphatic heterocycles. The van der Waals surface area contributed by atoms with E-state index in [-0.39, 0.29) is 12.2 Å². The molecule has 3 aromatic rings. The predicted molar refractivity (Wildman–Crippen MR) is 116 cm³/mol. The summed E-state index contributed by atoms with van der Waals surface area (Å²) in [6.07, 6.45) is 1.05. The lowest BCUT2D eigenvalue weighted by molar-refractivity contribution is -0.124. The van der Waals surface area contributed by atoms with Crippen molar-refractivity contribution >= 4 is 44.4 Å². The zero-order valence-corrected chi connectivity index (χ0v) is 17.3. The Balaban J connectivity index is 1.82. The first-order chi connectivity index (χ1) is 14.5. The molecule has 0 aromatic heterocycles. The van der Waals surface area contributed by atoms with Gasteiger partial charge in [0.2, 0.25) is 0 Å². The SMILES string of the molecule is O=C(/C=C/C[C@@H](OC(=O)Nc1cccc2ccccc12)c1cc(Br)ccc1O)NO. The molecule has 3 rings (SSSR count). The maximum Gasteiger partial charge on any atom is 0.412 e. The number of rotatable bonds is 6. The highest BCUT2D eigenvalue weighted by Crippen LogP contribution is 2.33. The van der Waals surface area contributed by atoms with Crippen LogP contribution in [0, 0.1) is 0 Å². The van der Waals surface area contributed by atoms with Crippen LogP contribution in [0.2, 0.25) is 0 Å². The number of benzene rings is 3. The van der Waals surface area contributed by atoms with Crippen LogP contribution in [-0.2, 0) is 9.53 Å². The molecule has 1 atom stereocenters. The third-order valence-electron chi connectivity index (χ3n) is 4.34. The molecule has 0 saturated heterocycles. The van der Waals surface area contributed by atoms with Gasteiger partial charge in [-0.05, 0) is 29.7 Å². The summed E-state index contributed by atoms with van der Waals surface area (Å²) in [5.74, 6) is -0.770. The molecular formula is C22H19BrN2O5. The van der Waals surface area contributed by atoms with Crippen molar-refractivity contribution in [3.63, 3.8) is 0 Å². The minimum absolute atomic E-state index is 0.0545. The zero-order valence-electron chi connectivity index (χ0n) is 15.7. The highest BCUT2D eigenvalue weighted by Gasteiger charge is 2.20. The lowest BCUT2D eigenvalue weighted by Gasteiger charge is -2.19. The highest BCUT2D eigenvalue weighted by molar-refractivity contribution is 9.10. The molecule has 154 valence electrons. The Kier molecular flexibility index (Phi) is 7.05. The van der Waals surface area contributed by atoms with Crippen molar-refractivity contribution in [2.24, 2.45) is 0 Å². The molecule has 3 aromatic carbocycles. The molecule has 7 nitrogen and oxygen atoms in total. The first-order valence-electron chi connectivity index (χ1n) is 9.02. The molecule has 0 aliphatic rings. The van der Waals surface area contributed by atoms with Gasteiger partial charge in [0.15, 0.2) is 0 Å². The summed E-state index contributed by atoms with van der Waals surface area (Å²) in [6, 6.07) is 17.9. The van der Waals surface area contributed by atoms with Crippen LogP contribution in [0.15, 0.2) is 77.3 Å². The number of nitrogens with one attached hydrogen (secondary N) is 2. The van der Waals surface area contributed by atoms with Crippen LogP contribution in [0.5, 0.6) is 5.75 Å². The Bertz CT molecular complexity index is 1090. The normalized spacial score (nSPS) is 11.9. The van der Waals surface area contributed by atoms with Crippen molar-refractivity contribution in [1.29, 1.82) is 0 Å². The summed E-state index contributed by atoms with van der Waals surface area (Å²) in [5, 5.41) is 23.4. The third-order valence-corrected chi connectivity index (χ3v) is 4.83. The van der Waals surface area contributed by atoms with Gasteiger partial charge in [0.25, 0.3) is 5.91 Å². The molecule has 0 fully saturated rings. The van der Waals surface area contributed by atoms with E-state index in [1.165, 1.54) is 17.6 Å². The van der Waals surface area contributed by atoms with Gasteiger partial charge in [-0.2, -0.15) is 0 Å². The second-order valence-corrected chi connectivity index (χ2v) is 7.28.